The van der Waals surface area contributed by atoms with Gasteiger partial charge in [-0.15, -0.1) is 6.58 Å². The van der Waals surface area contributed by atoms with Gasteiger partial charge >= 0.3 is 0 Å². The average molecular weight is 380 g/mol. The molecule has 1 N–H and O–H groups in total. The van der Waals surface area contributed by atoms with E-state index in [4.69, 9.17) is 5.10 Å². The highest BCUT2D eigenvalue weighted by Gasteiger charge is 2.36. The van der Waals surface area contributed by atoms with Crippen molar-refractivity contribution in [3.05, 3.63) is 53.5 Å². The number of nitrogens with one attached hydrogen (secondary N) is 1. The highest BCUT2D eigenvalue weighted by Crippen LogP contribution is 2.37. The molecular formula is C22H28N4O2. The van der Waals surface area contributed by atoms with E-state index in [0.717, 1.165) is 36.2 Å². The summed E-state index contributed by atoms with van der Waals surface area (Å²) in [6.45, 7) is 10.6. The molecular weight excluding hydrogens is 352 g/mol. The number of rotatable bonds is 7. The Hall–Kier alpha value is -2.76. The van der Waals surface area contributed by atoms with Crippen LogP contribution >= 0.6 is 0 Å². The summed E-state index contributed by atoms with van der Waals surface area (Å²) in [6.07, 6.45) is 7.02. The van der Waals surface area contributed by atoms with Gasteiger partial charge < -0.3 is 5.32 Å². The van der Waals surface area contributed by atoms with Crippen LogP contribution in [0.5, 0.6) is 0 Å². The zero-order valence-corrected chi connectivity index (χ0v) is 16.9. The number of hydrogen-bond donors (Lipinski definition) is 1. The third-order valence-corrected chi connectivity index (χ3v) is 4.97. The zero-order valence-electron chi connectivity index (χ0n) is 16.9. The van der Waals surface area contributed by atoms with Crippen molar-refractivity contribution >= 4 is 11.7 Å². The summed E-state index contributed by atoms with van der Waals surface area (Å²) < 4.78 is 1.78. The molecule has 1 aliphatic carbocycles. The fourth-order valence-corrected chi connectivity index (χ4v) is 3.62. The standard InChI is InChI=1S/C22H28N4O2/c1-5-7-8-16-20-17(12-22(3,4)13-18(20)27)26(25-16)19-10-9-15(14-24-19)21(28)23-11-6-2/h5,9-10,14H,1,6-8,11-13H2,2-4H3,(H,23,28). The van der Waals surface area contributed by atoms with Crippen LogP contribution in [0.1, 0.15) is 72.1 Å². The van der Waals surface area contributed by atoms with Crippen molar-refractivity contribution in [1.82, 2.24) is 20.1 Å². The molecule has 2 aromatic rings. The molecule has 0 saturated heterocycles. The minimum absolute atomic E-state index is 0.114. The molecule has 0 bridgehead atoms. The van der Waals surface area contributed by atoms with Gasteiger partial charge in [0.2, 0.25) is 0 Å². The van der Waals surface area contributed by atoms with E-state index < -0.39 is 0 Å². The predicted molar refractivity (Wildman–Crippen MR) is 109 cm³/mol. The van der Waals surface area contributed by atoms with Gasteiger partial charge in [0.1, 0.15) is 0 Å². The molecule has 0 radical (unpaired) electrons. The van der Waals surface area contributed by atoms with Gasteiger partial charge in [0.05, 0.1) is 22.5 Å². The van der Waals surface area contributed by atoms with Crippen molar-refractivity contribution in [2.45, 2.75) is 52.9 Å². The van der Waals surface area contributed by atoms with Crippen LogP contribution < -0.4 is 5.32 Å². The molecule has 28 heavy (non-hydrogen) atoms. The van der Waals surface area contributed by atoms with Gasteiger partial charge in [0, 0.05) is 19.2 Å². The van der Waals surface area contributed by atoms with Crippen molar-refractivity contribution in [3.8, 4) is 5.82 Å². The van der Waals surface area contributed by atoms with E-state index in [9.17, 15) is 9.59 Å². The smallest absolute Gasteiger partial charge is 0.252 e. The number of carbonyl (C=O) groups excluding carboxylic acids is 2. The summed E-state index contributed by atoms with van der Waals surface area (Å²) in [5.74, 6) is 0.636. The first kappa shape index (κ1) is 20.0. The Balaban J connectivity index is 1.98. The number of amides is 1. The Bertz CT molecular complexity index is 894. The van der Waals surface area contributed by atoms with Crippen LogP contribution in [0.25, 0.3) is 5.82 Å². The lowest BCUT2D eigenvalue weighted by molar-refractivity contribution is 0.0908. The minimum atomic E-state index is -0.133. The number of Topliss-reactive ketones (excluding diaryl/α,β-unsaturated/α-hetero) is 1. The van der Waals surface area contributed by atoms with Gasteiger partial charge in [-0.2, -0.15) is 5.10 Å². The normalized spacial score (nSPS) is 15.2. The van der Waals surface area contributed by atoms with Crippen molar-refractivity contribution in [2.24, 2.45) is 5.41 Å². The van der Waals surface area contributed by atoms with Crippen molar-refractivity contribution in [1.29, 1.82) is 0 Å². The molecule has 148 valence electrons. The molecule has 2 heterocycles. The summed E-state index contributed by atoms with van der Waals surface area (Å²) in [7, 11) is 0. The van der Waals surface area contributed by atoms with Gasteiger partial charge in [0.15, 0.2) is 11.6 Å². The Morgan fingerprint density at radius 3 is 2.79 bits per heavy atom. The molecule has 0 saturated carbocycles. The molecule has 3 rings (SSSR count). The van der Waals surface area contributed by atoms with Gasteiger partial charge in [0.25, 0.3) is 5.91 Å². The second-order valence-electron chi connectivity index (χ2n) is 8.11. The van der Waals surface area contributed by atoms with E-state index in [1.54, 1.807) is 23.0 Å². The quantitative estimate of drug-likeness (QED) is 0.744. The largest absolute Gasteiger partial charge is 0.352 e. The zero-order chi connectivity index (χ0) is 20.3. The molecule has 0 fully saturated rings. The van der Waals surface area contributed by atoms with Gasteiger partial charge in [-0.05, 0) is 43.2 Å². The number of aryl methyl sites for hydroxylation is 1. The topological polar surface area (TPSA) is 76.9 Å². The van der Waals surface area contributed by atoms with Crippen LogP contribution in [0.2, 0.25) is 0 Å². The van der Waals surface area contributed by atoms with Gasteiger partial charge in [-0.3, -0.25) is 9.59 Å². The van der Waals surface area contributed by atoms with E-state index in [1.165, 1.54) is 0 Å². The van der Waals surface area contributed by atoms with Crippen LogP contribution in [-0.2, 0) is 12.8 Å². The average Bonchev–Trinajstić information content (AvgIpc) is 3.01. The van der Waals surface area contributed by atoms with Crippen LogP contribution in [0.15, 0.2) is 31.0 Å². The van der Waals surface area contributed by atoms with Crippen LogP contribution in [-0.4, -0.2) is 33.0 Å². The lowest BCUT2D eigenvalue weighted by Crippen LogP contribution is -2.28. The minimum Gasteiger partial charge on any atom is -0.352 e. The Morgan fingerprint density at radius 2 is 2.14 bits per heavy atom. The Kier molecular flexibility index (Phi) is 5.77. The molecule has 6 nitrogen and oxygen atoms in total. The van der Waals surface area contributed by atoms with Crippen molar-refractivity contribution < 1.29 is 9.59 Å². The van der Waals surface area contributed by atoms with Crippen molar-refractivity contribution in [2.75, 3.05) is 6.54 Å². The molecule has 0 aliphatic heterocycles. The highest BCUT2D eigenvalue weighted by molar-refractivity contribution is 6.00. The van der Waals surface area contributed by atoms with E-state index in [-0.39, 0.29) is 17.1 Å². The summed E-state index contributed by atoms with van der Waals surface area (Å²) in [5.41, 5.74) is 2.87. The molecule has 0 aromatic carbocycles. The number of allylic oxidation sites excluding steroid dienone is 1. The van der Waals surface area contributed by atoms with Crippen LogP contribution in [0, 0.1) is 5.41 Å². The Labute approximate surface area is 166 Å². The summed E-state index contributed by atoms with van der Waals surface area (Å²) in [5, 5.41) is 7.57. The fourth-order valence-electron chi connectivity index (χ4n) is 3.62. The molecule has 2 aromatic heterocycles. The van der Waals surface area contributed by atoms with E-state index in [2.05, 4.69) is 30.7 Å². The van der Waals surface area contributed by atoms with E-state index >= 15 is 0 Å². The fraction of sp³-hybridized carbons (Fsp3) is 0.455. The summed E-state index contributed by atoms with van der Waals surface area (Å²) in [6, 6.07) is 3.54. The second kappa shape index (κ2) is 8.09. The number of aromatic nitrogens is 3. The summed E-state index contributed by atoms with van der Waals surface area (Å²) >= 11 is 0. The molecule has 1 aliphatic rings. The number of nitrogens with zero attached hydrogens (tertiary/aromatic N) is 3. The molecule has 1 amide bonds. The third-order valence-electron chi connectivity index (χ3n) is 4.97. The SMILES string of the molecule is C=CCCc1nn(-c2ccc(C(=O)NCCC)cn2)c2c1C(=O)CC(C)(C)C2. The first-order chi connectivity index (χ1) is 13.4. The van der Waals surface area contributed by atoms with E-state index in [1.807, 2.05) is 13.0 Å². The maximum absolute atomic E-state index is 12.8. The van der Waals surface area contributed by atoms with Gasteiger partial charge in [-0.1, -0.05) is 26.8 Å². The first-order valence-electron chi connectivity index (χ1n) is 9.86. The monoisotopic (exact) mass is 380 g/mol. The molecule has 0 spiro atoms. The number of fused-ring (bicyclic) bond motifs is 1. The number of ketones is 1. The summed E-state index contributed by atoms with van der Waals surface area (Å²) in [4.78, 5) is 29.4. The lowest BCUT2D eigenvalue weighted by Gasteiger charge is -2.29. The highest BCUT2D eigenvalue weighted by atomic mass is 16.1. The maximum Gasteiger partial charge on any atom is 0.252 e. The van der Waals surface area contributed by atoms with E-state index in [0.29, 0.717) is 30.8 Å². The van der Waals surface area contributed by atoms with Crippen molar-refractivity contribution in [3.63, 3.8) is 0 Å². The van der Waals surface area contributed by atoms with Crippen LogP contribution in [0.3, 0.4) is 0 Å². The molecule has 6 heteroatoms. The number of hydrogen-bond acceptors (Lipinski definition) is 4. The van der Waals surface area contributed by atoms with Gasteiger partial charge in [-0.25, -0.2) is 9.67 Å². The Morgan fingerprint density at radius 1 is 1.36 bits per heavy atom. The lowest BCUT2D eigenvalue weighted by atomic mass is 9.75. The second-order valence-corrected chi connectivity index (χ2v) is 8.11. The number of pyridine rings is 1. The molecule has 0 atom stereocenters. The predicted octanol–water partition coefficient (Wildman–Crippen LogP) is 3.68. The first-order valence-corrected chi connectivity index (χ1v) is 9.86. The third kappa shape index (κ3) is 4.06. The van der Waals surface area contributed by atoms with Crippen LogP contribution in [0.4, 0.5) is 0 Å². The number of carbonyl (C=O) groups is 2. The molecule has 0 unspecified atom stereocenters. The maximum atomic E-state index is 12.8.